The molecule has 0 spiro atoms. The second kappa shape index (κ2) is 6.42. The first-order valence-electron chi connectivity index (χ1n) is 6.53. The molecule has 0 atom stereocenters. The van der Waals surface area contributed by atoms with Crippen molar-refractivity contribution in [2.45, 2.75) is 19.8 Å². The number of aromatic amines is 1. The van der Waals surface area contributed by atoms with Gasteiger partial charge in [0.15, 0.2) is 11.4 Å². The van der Waals surface area contributed by atoms with Crippen LogP contribution >= 0.6 is 0 Å². The van der Waals surface area contributed by atoms with Crippen molar-refractivity contribution in [1.82, 2.24) is 9.97 Å². The molecule has 0 bridgehead atoms. The van der Waals surface area contributed by atoms with Crippen LogP contribution in [0, 0.1) is 22.7 Å². The Hall–Kier alpha value is -3.32. The highest BCUT2D eigenvalue weighted by Gasteiger charge is 2.15. The van der Waals surface area contributed by atoms with Gasteiger partial charge in [0.2, 0.25) is 5.95 Å². The zero-order valence-corrected chi connectivity index (χ0v) is 12.0. The van der Waals surface area contributed by atoms with Crippen molar-refractivity contribution in [3.63, 3.8) is 0 Å². The molecule has 0 aliphatic rings. The van der Waals surface area contributed by atoms with Crippen LogP contribution in [0.5, 0.6) is 5.75 Å². The number of nitrogens with zero attached hydrogens (tertiary/aromatic N) is 3. The van der Waals surface area contributed by atoms with Gasteiger partial charge in [-0.15, -0.1) is 0 Å². The number of ether oxygens (including phenoxy) is 1. The van der Waals surface area contributed by atoms with Crippen molar-refractivity contribution >= 4 is 12.0 Å². The zero-order chi connectivity index (χ0) is 16.1. The highest BCUT2D eigenvalue weighted by molar-refractivity contribution is 5.84. The van der Waals surface area contributed by atoms with E-state index in [1.54, 1.807) is 24.3 Å². The van der Waals surface area contributed by atoms with Crippen LogP contribution in [0.15, 0.2) is 24.3 Å². The molecule has 0 fully saturated rings. The van der Waals surface area contributed by atoms with Gasteiger partial charge in [0, 0.05) is 0 Å². The summed E-state index contributed by atoms with van der Waals surface area (Å²) in [7, 11) is 0. The number of rotatable bonds is 3. The summed E-state index contributed by atoms with van der Waals surface area (Å²) >= 11 is 0. The number of anilines is 1. The summed E-state index contributed by atoms with van der Waals surface area (Å²) in [5, 5.41) is 20.0. The minimum atomic E-state index is -0.754. The van der Waals surface area contributed by atoms with Gasteiger partial charge >= 0.3 is 6.09 Å². The van der Waals surface area contributed by atoms with Crippen LogP contribution in [0.25, 0.3) is 0 Å². The van der Waals surface area contributed by atoms with E-state index in [0.29, 0.717) is 5.75 Å². The third-order valence-corrected chi connectivity index (χ3v) is 2.89. The first-order chi connectivity index (χ1) is 10.5. The molecule has 22 heavy (non-hydrogen) atoms. The Morgan fingerprint density at radius 1 is 1.32 bits per heavy atom. The van der Waals surface area contributed by atoms with Crippen molar-refractivity contribution in [3.05, 3.63) is 41.2 Å². The van der Waals surface area contributed by atoms with E-state index in [1.807, 2.05) is 26.0 Å². The molecular formula is C15H13N5O2. The van der Waals surface area contributed by atoms with Crippen molar-refractivity contribution in [3.8, 4) is 17.9 Å². The number of imidazole rings is 1. The Kier molecular flexibility index (Phi) is 4.40. The van der Waals surface area contributed by atoms with Crippen LogP contribution in [-0.4, -0.2) is 16.1 Å². The molecule has 1 heterocycles. The first-order valence-corrected chi connectivity index (χ1v) is 6.53. The number of amides is 1. The molecule has 110 valence electrons. The number of H-pyrrole nitrogens is 1. The molecular weight excluding hydrogens is 282 g/mol. The average molecular weight is 295 g/mol. The molecule has 2 rings (SSSR count). The Morgan fingerprint density at radius 3 is 2.64 bits per heavy atom. The van der Waals surface area contributed by atoms with Gasteiger partial charge in [0.25, 0.3) is 0 Å². The molecule has 1 amide bonds. The van der Waals surface area contributed by atoms with Crippen LogP contribution in [-0.2, 0) is 0 Å². The molecule has 1 aromatic carbocycles. The van der Waals surface area contributed by atoms with E-state index in [4.69, 9.17) is 15.3 Å². The lowest BCUT2D eigenvalue weighted by molar-refractivity contribution is 0.214. The maximum Gasteiger partial charge on any atom is 0.419 e. The van der Waals surface area contributed by atoms with Gasteiger partial charge in [0.1, 0.15) is 17.9 Å². The number of aromatic nitrogens is 2. The predicted octanol–water partition coefficient (Wildman–Crippen LogP) is 2.89. The highest BCUT2D eigenvalue weighted by atomic mass is 16.6. The number of carbonyl (C=O) groups excluding carboxylic acids is 1. The lowest BCUT2D eigenvalue weighted by Crippen LogP contribution is -2.18. The topological polar surface area (TPSA) is 115 Å². The Morgan fingerprint density at radius 2 is 2.05 bits per heavy atom. The molecule has 2 N–H and O–H groups in total. The fraction of sp³-hybridized carbons (Fsp3) is 0.200. The summed E-state index contributed by atoms with van der Waals surface area (Å²) in [5.74, 6) is 0.630. The molecule has 0 unspecified atom stereocenters. The summed E-state index contributed by atoms with van der Waals surface area (Å²) in [6.07, 6.45) is -0.754. The quantitative estimate of drug-likeness (QED) is 0.903. The number of benzene rings is 1. The number of hydrogen-bond acceptors (Lipinski definition) is 5. The van der Waals surface area contributed by atoms with Crippen LogP contribution in [0.1, 0.15) is 36.7 Å². The Labute approximate surface area is 127 Å². The molecule has 0 aliphatic heterocycles. The summed E-state index contributed by atoms with van der Waals surface area (Å²) in [6, 6.07) is 10.7. The average Bonchev–Trinajstić information content (AvgIpc) is 2.89. The Balaban J connectivity index is 2.13. The monoisotopic (exact) mass is 295 g/mol. The van der Waals surface area contributed by atoms with Gasteiger partial charge < -0.3 is 9.72 Å². The van der Waals surface area contributed by atoms with Crippen molar-refractivity contribution in [2.75, 3.05) is 5.32 Å². The molecule has 7 heteroatoms. The van der Waals surface area contributed by atoms with Crippen molar-refractivity contribution in [1.29, 1.82) is 10.5 Å². The van der Waals surface area contributed by atoms with Crippen molar-refractivity contribution < 1.29 is 9.53 Å². The number of para-hydroxylation sites is 1. The summed E-state index contributed by atoms with van der Waals surface area (Å²) < 4.78 is 5.25. The van der Waals surface area contributed by atoms with Crippen molar-refractivity contribution in [2.24, 2.45) is 0 Å². The third kappa shape index (κ3) is 3.22. The number of hydrogen-bond donors (Lipinski definition) is 2. The minimum absolute atomic E-state index is 0.0135. The summed E-state index contributed by atoms with van der Waals surface area (Å²) in [5.41, 5.74) is 0.799. The minimum Gasteiger partial charge on any atom is -0.410 e. The van der Waals surface area contributed by atoms with Crippen LogP contribution in [0.3, 0.4) is 0 Å². The van der Waals surface area contributed by atoms with E-state index < -0.39 is 6.09 Å². The standard InChI is InChI=1S/C15H13N5O2/c1-9(2)10-5-3-4-6-13(10)22-15(21)20-14-18-11(7-16)12(8-17)19-14/h3-6,9H,1-2H3,(H2,18,19,20,21). The zero-order valence-electron chi connectivity index (χ0n) is 12.0. The second-order valence-corrected chi connectivity index (χ2v) is 4.74. The second-order valence-electron chi connectivity index (χ2n) is 4.74. The van der Waals surface area contributed by atoms with Crippen LogP contribution in [0.4, 0.5) is 10.7 Å². The number of nitriles is 2. The SMILES string of the molecule is CC(C)c1ccccc1OC(=O)Nc1nc(C#N)c(C#N)[nH]1. The fourth-order valence-electron chi connectivity index (χ4n) is 1.87. The largest absolute Gasteiger partial charge is 0.419 e. The van der Waals surface area contributed by atoms with Crippen LogP contribution in [0.2, 0.25) is 0 Å². The highest BCUT2D eigenvalue weighted by Crippen LogP contribution is 2.26. The first kappa shape index (κ1) is 15.1. The maximum atomic E-state index is 11.9. The Bertz CT molecular complexity index is 748. The van der Waals surface area contributed by atoms with E-state index in [1.165, 1.54) is 0 Å². The molecule has 0 radical (unpaired) electrons. The van der Waals surface area contributed by atoms with Gasteiger partial charge in [-0.05, 0) is 17.5 Å². The lowest BCUT2D eigenvalue weighted by Gasteiger charge is -2.12. The molecule has 0 saturated carbocycles. The molecule has 2 aromatic rings. The van der Waals surface area contributed by atoms with Gasteiger partial charge in [-0.2, -0.15) is 10.5 Å². The van der Waals surface area contributed by atoms with E-state index >= 15 is 0 Å². The van der Waals surface area contributed by atoms with Crippen LogP contribution < -0.4 is 10.1 Å². The molecule has 0 aliphatic carbocycles. The van der Waals surface area contributed by atoms with E-state index in [2.05, 4.69) is 15.3 Å². The van der Waals surface area contributed by atoms with E-state index in [9.17, 15) is 4.79 Å². The summed E-state index contributed by atoms with van der Waals surface area (Å²) in [6.45, 7) is 3.98. The van der Waals surface area contributed by atoms with E-state index in [-0.39, 0.29) is 23.3 Å². The number of carbonyl (C=O) groups is 1. The van der Waals surface area contributed by atoms with Gasteiger partial charge in [-0.1, -0.05) is 32.0 Å². The maximum absolute atomic E-state index is 11.9. The van der Waals surface area contributed by atoms with Gasteiger partial charge in [-0.25, -0.2) is 9.78 Å². The summed E-state index contributed by atoms with van der Waals surface area (Å²) in [4.78, 5) is 18.2. The smallest absolute Gasteiger partial charge is 0.410 e. The molecule has 7 nitrogen and oxygen atoms in total. The molecule has 1 aromatic heterocycles. The fourth-order valence-corrected chi connectivity index (χ4v) is 1.87. The van der Waals surface area contributed by atoms with Gasteiger partial charge in [-0.3, -0.25) is 5.32 Å². The van der Waals surface area contributed by atoms with Gasteiger partial charge in [0.05, 0.1) is 0 Å². The third-order valence-electron chi connectivity index (χ3n) is 2.89. The predicted molar refractivity (Wildman–Crippen MR) is 78.2 cm³/mol. The number of nitrogens with one attached hydrogen (secondary N) is 2. The lowest BCUT2D eigenvalue weighted by atomic mass is 10.0. The molecule has 0 saturated heterocycles. The normalized spacial score (nSPS) is 9.86. The van der Waals surface area contributed by atoms with E-state index in [0.717, 1.165) is 5.56 Å².